The van der Waals surface area contributed by atoms with Crippen molar-refractivity contribution in [2.24, 2.45) is 11.5 Å². The van der Waals surface area contributed by atoms with Crippen LogP contribution < -0.4 is 16.8 Å². The Balaban J connectivity index is -0.000000894. The predicted octanol–water partition coefficient (Wildman–Crippen LogP) is 7.79. The molecular formula is C35H69N3O7. The first-order valence-electron chi connectivity index (χ1n) is 17.8. The summed E-state index contributed by atoms with van der Waals surface area (Å²) in [6.07, 6.45) is 26.3. The molecule has 0 fully saturated rings. The van der Waals surface area contributed by atoms with E-state index < -0.39 is 18.0 Å². The molecule has 0 aromatic heterocycles. The van der Waals surface area contributed by atoms with Crippen molar-refractivity contribution in [3.8, 4) is 0 Å². The van der Waals surface area contributed by atoms with Crippen LogP contribution in [0.5, 0.6) is 0 Å². The summed E-state index contributed by atoms with van der Waals surface area (Å²) in [7, 11) is 0. The number of hydrogen-bond donors (Lipinski definition) is 5. The lowest BCUT2D eigenvalue weighted by molar-refractivity contribution is -0.143. The van der Waals surface area contributed by atoms with Crippen LogP contribution in [0.15, 0.2) is 0 Å². The number of carboxylic acid groups (broad SMARTS) is 2. The number of nitrogens with one attached hydrogen (secondary N) is 1. The molecule has 266 valence electrons. The van der Waals surface area contributed by atoms with Crippen molar-refractivity contribution < 1.29 is 34.2 Å². The number of primary amides is 2. The Morgan fingerprint density at radius 2 is 0.800 bits per heavy atom. The van der Waals surface area contributed by atoms with Crippen LogP contribution in [0.3, 0.4) is 0 Å². The fourth-order valence-corrected chi connectivity index (χ4v) is 4.55. The third kappa shape index (κ3) is 45.9. The Morgan fingerprint density at radius 3 is 1.11 bits per heavy atom. The number of rotatable bonds is 29. The molecule has 0 rings (SSSR count). The van der Waals surface area contributed by atoms with Crippen LogP contribution in [0.2, 0.25) is 0 Å². The smallest absolute Gasteiger partial charge is 0.326 e. The average molecular weight is 644 g/mol. The monoisotopic (exact) mass is 644 g/mol. The minimum atomic E-state index is -1.18. The minimum absolute atomic E-state index is 0.0880. The molecule has 7 N–H and O–H groups in total. The molecule has 0 aliphatic heterocycles. The van der Waals surface area contributed by atoms with Gasteiger partial charge in [-0.05, 0) is 25.7 Å². The van der Waals surface area contributed by atoms with Gasteiger partial charge in [-0.2, -0.15) is 0 Å². The summed E-state index contributed by atoms with van der Waals surface area (Å²) in [5.41, 5.74) is 9.79. The van der Waals surface area contributed by atoms with E-state index in [0.29, 0.717) is 19.3 Å². The van der Waals surface area contributed by atoms with Crippen LogP contribution >= 0.6 is 0 Å². The van der Waals surface area contributed by atoms with Gasteiger partial charge in [-0.25, -0.2) is 4.79 Å². The largest absolute Gasteiger partial charge is 0.481 e. The van der Waals surface area contributed by atoms with Crippen molar-refractivity contribution in [3.05, 3.63) is 0 Å². The molecule has 3 amide bonds. The molecule has 10 heteroatoms. The van der Waals surface area contributed by atoms with Crippen molar-refractivity contribution in [3.63, 3.8) is 0 Å². The number of carboxylic acids is 2. The normalized spacial score (nSPS) is 10.9. The Hall–Kier alpha value is -2.65. The van der Waals surface area contributed by atoms with E-state index >= 15 is 0 Å². The lowest BCUT2D eigenvalue weighted by Crippen LogP contribution is -2.41. The Bertz CT molecular complexity index is 712. The molecule has 0 spiro atoms. The second-order valence-electron chi connectivity index (χ2n) is 11.9. The number of carbonyl (C=O) groups excluding carboxylic acids is 3. The number of carbonyl (C=O) groups is 5. The zero-order chi connectivity index (χ0) is 34.6. The van der Waals surface area contributed by atoms with Gasteiger partial charge in [-0.3, -0.25) is 19.2 Å². The number of unbranched alkanes of at least 4 members (excludes halogenated alkanes) is 18. The van der Waals surface area contributed by atoms with E-state index in [0.717, 1.165) is 57.8 Å². The molecule has 45 heavy (non-hydrogen) atoms. The number of aliphatic carboxylic acids is 2. The van der Waals surface area contributed by atoms with Crippen LogP contribution in [-0.2, 0) is 24.0 Å². The molecule has 0 aromatic carbocycles. The highest BCUT2D eigenvalue weighted by atomic mass is 16.4. The summed E-state index contributed by atoms with van der Waals surface area (Å²) in [5.74, 6) is -2.92. The van der Waals surface area contributed by atoms with Crippen molar-refractivity contribution in [2.75, 3.05) is 0 Å². The summed E-state index contributed by atoms with van der Waals surface area (Å²) in [6.45, 7) is 6.45. The summed E-state index contributed by atoms with van der Waals surface area (Å²) in [6, 6.07) is -1.12. The average Bonchev–Trinajstić information content (AvgIpc) is 2.97. The predicted molar refractivity (Wildman–Crippen MR) is 183 cm³/mol. The highest BCUT2D eigenvalue weighted by Gasteiger charge is 2.20. The van der Waals surface area contributed by atoms with Gasteiger partial charge in [0.25, 0.3) is 0 Å². The lowest BCUT2D eigenvalue weighted by Gasteiger charge is -2.13. The fourth-order valence-electron chi connectivity index (χ4n) is 4.55. The molecule has 0 radical (unpaired) electrons. The van der Waals surface area contributed by atoms with Crippen LogP contribution in [0.25, 0.3) is 0 Å². The minimum Gasteiger partial charge on any atom is -0.481 e. The number of nitrogens with two attached hydrogens (primary N) is 2. The van der Waals surface area contributed by atoms with Crippen molar-refractivity contribution in [1.82, 2.24) is 5.32 Å². The fraction of sp³-hybridized carbons (Fsp3) is 0.857. The quantitative estimate of drug-likeness (QED) is 0.0514. The summed E-state index contributed by atoms with van der Waals surface area (Å²) in [4.78, 5) is 53.6. The molecule has 0 heterocycles. The molecule has 0 saturated heterocycles. The van der Waals surface area contributed by atoms with Crippen LogP contribution in [0, 0.1) is 0 Å². The Labute approximate surface area is 274 Å². The van der Waals surface area contributed by atoms with Gasteiger partial charge in [0, 0.05) is 25.7 Å². The molecule has 0 aliphatic carbocycles. The third-order valence-corrected chi connectivity index (χ3v) is 7.34. The summed E-state index contributed by atoms with van der Waals surface area (Å²) >= 11 is 0. The van der Waals surface area contributed by atoms with E-state index in [9.17, 15) is 24.0 Å². The third-order valence-electron chi connectivity index (χ3n) is 7.34. The van der Waals surface area contributed by atoms with Gasteiger partial charge in [0.05, 0.1) is 0 Å². The van der Waals surface area contributed by atoms with Gasteiger partial charge in [0.2, 0.25) is 17.7 Å². The van der Waals surface area contributed by atoms with Crippen molar-refractivity contribution in [1.29, 1.82) is 0 Å². The first-order chi connectivity index (χ1) is 21.5. The van der Waals surface area contributed by atoms with E-state index in [1.165, 1.54) is 77.0 Å². The highest BCUT2D eigenvalue weighted by molar-refractivity contribution is 5.83. The molecule has 0 aliphatic rings. The van der Waals surface area contributed by atoms with Gasteiger partial charge >= 0.3 is 11.9 Å². The molecule has 10 nitrogen and oxygen atoms in total. The number of hydrogen-bond acceptors (Lipinski definition) is 5. The lowest BCUT2D eigenvalue weighted by atomic mass is 10.0. The zero-order valence-corrected chi connectivity index (χ0v) is 29.1. The van der Waals surface area contributed by atoms with Crippen LogP contribution in [-0.4, -0.2) is 45.9 Å². The van der Waals surface area contributed by atoms with Crippen molar-refractivity contribution in [2.45, 2.75) is 194 Å². The molecule has 0 bridgehead atoms. The molecule has 0 saturated carbocycles. The van der Waals surface area contributed by atoms with E-state index in [1.807, 2.05) is 0 Å². The zero-order valence-electron chi connectivity index (χ0n) is 29.1. The van der Waals surface area contributed by atoms with E-state index in [-0.39, 0.29) is 30.6 Å². The van der Waals surface area contributed by atoms with Gasteiger partial charge in [0.15, 0.2) is 0 Å². The Morgan fingerprint density at radius 1 is 0.489 bits per heavy atom. The summed E-state index contributed by atoms with van der Waals surface area (Å²) in [5, 5.41) is 20.1. The topological polar surface area (TPSA) is 190 Å². The molecule has 1 atom stereocenters. The van der Waals surface area contributed by atoms with Gasteiger partial charge < -0.3 is 27.0 Å². The maximum absolute atomic E-state index is 11.8. The molecule has 0 aromatic rings. The summed E-state index contributed by atoms with van der Waals surface area (Å²) < 4.78 is 0. The maximum atomic E-state index is 11.8. The van der Waals surface area contributed by atoms with Crippen LogP contribution in [0.1, 0.15) is 188 Å². The Kier molecular flexibility index (Phi) is 39.0. The second-order valence-corrected chi connectivity index (χ2v) is 11.9. The standard InChI is InChI=1S/C23H43NO5.2C6H13NO/c1-2-3-4-5-6-7-8-9-10-11-12-13-14-15-16-17-21(25)24-20(23(28)29)18-19-22(26)27;2*1-2-3-4-5-6(7)8/h20H,2-19H2,1H3,(H,24,25)(H,26,27)(H,28,29);2*2-5H2,1H3,(H2,7,8). The molecule has 1 unspecified atom stereocenters. The van der Waals surface area contributed by atoms with Gasteiger partial charge in [-0.1, -0.05) is 136 Å². The van der Waals surface area contributed by atoms with Crippen molar-refractivity contribution >= 4 is 29.7 Å². The SMILES string of the molecule is CCCCCC(N)=O.CCCCCC(N)=O.CCCCCCCCCCCCCCCCCC(=O)NC(CCC(=O)O)C(=O)O. The van der Waals surface area contributed by atoms with Crippen LogP contribution in [0.4, 0.5) is 0 Å². The van der Waals surface area contributed by atoms with E-state index in [4.69, 9.17) is 21.7 Å². The maximum Gasteiger partial charge on any atom is 0.326 e. The van der Waals surface area contributed by atoms with Gasteiger partial charge in [0.1, 0.15) is 6.04 Å². The van der Waals surface area contributed by atoms with E-state index in [2.05, 4.69) is 26.1 Å². The molecular weight excluding hydrogens is 574 g/mol. The number of amides is 3. The second kappa shape index (κ2) is 37.5. The van der Waals surface area contributed by atoms with Gasteiger partial charge in [-0.15, -0.1) is 0 Å². The highest BCUT2D eigenvalue weighted by Crippen LogP contribution is 2.14. The van der Waals surface area contributed by atoms with E-state index in [1.54, 1.807) is 0 Å². The first kappa shape index (κ1) is 46.8. The first-order valence-corrected chi connectivity index (χ1v) is 17.8.